The molecule has 1 saturated heterocycles. The molecule has 2 N–H and O–H groups in total. The van der Waals surface area contributed by atoms with E-state index in [-0.39, 0.29) is 47.7 Å². The monoisotopic (exact) mass is 740 g/mol. The highest BCUT2D eigenvalue weighted by Crippen LogP contribution is 2.65. The van der Waals surface area contributed by atoms with Gasteiger partial charge >= 0.3 is 0 Å². The number of amides is 2. The van der Waals surface area contributed by atoms with Gasteiger partial charge in [-0.1, -0.05) is 103 Å². The molecule has 1 aliphatic heterocycles. The predicted octanol–water partition coefficient (Wildman–Crippen LogP) is 8.56. The minimum absolute atomic E-state index is 0.116. The molecule has 5 aromatic carbocycles. The third kappa shape index (κ3) is 5.42. The van der Waals surface area contributed by atoms with Crippen LogP contribution in [0.3, 0.4) is 0 Å². The van der Waals surface area contributed by atoms with Crippen LogP contribution < -0.4 is 15.0 Å². The Kier molecular flexibility index (Phi) is 8.76. The van der Waals surface area contributed by atoms with Crippen molar-refractivity contribution in [3.05, 3.63) is 168 Å². The molecule has 6 atom stereocenters. The molecule has 2 fully saturated rings. The van der Waals surface area contributed by atoms with E-state index >= 15 is 9.59 Å². The van der Waals surface area contributed by atoms with Gasteiger partial charge in [0.15, 0.2) is 23.1 Å². The van der Waals surface area contributed by atoms with Crippen LogP contribution in [0, 0.1) is 23.7 Å². The Hall–Kier alpha value is -6.54. The number of para-hydroxylation sites is 2. The van der Waals surface area contributed by atoms with Crippen molar-refractivity contribution < 1.29 is 29.0 Å². The molecule has 0 bridgehead atoms. The lowest BCUT2D eigenvalue weighted by molar-refractivity contribution is -0.135. The Morgan fingerprint density at radius 1 is 0.750 bits per heavy atom. The largest absolute Gasteiger partial charge is 0.504 e. The number of imide groups is 1. The van der Waals surface area contributed by atoms with E-state index in [9.17, 15) is 14.7 Å². The first-order valence-corrected chi connectivity index (χ1v) is 19.2. The fraction of sp³-hybridized carbons (Fsp3) is 0.208. The summed E-state index contributed by atoms with van der Waals surface area (Å²) in [5.41, 5.74) is 3.56. The minimum Gasteiger partial charge on any atom is -0.504 e. The predicted molar refractivity (Wildman–Crippen MR) is 215 cm³/mol. The quantitative estimate of drug-likeness (QED) is 0.121. The molecule has 5 aromatic rings. The summed E-state index contributed by atoms with van der Waals surface area (Å²) >= 11 is 0. The molecule has 0 unspecified atom stereocenters. The second-order valence-electron chi connectivity index (χ2n) is 15.0. The maximum Gasteiger partial charge on any atom is 0.238 e. The molecule has 2 amide bonds. The van der Waals surface area contributed by atoms with Crippen molar-refractivity contribution in [2.24, 2.45) is 23.7 Å². The van der Waals surface area contributed by atoms with Gasteiger partial charge in [0.2, 0.25) is 11.8 Å². The number of anilines is 3. The van der Waals surface area contributed by atoms with Gasteiger partial charge in [0.05, 0.1) is 29.5 Å². The van der Waals surface area contributed by atoms with Gasteiger partial charge < -0.3 is 15.2 Å². The van der Waals surface area contributed by atoms with Crippen LogP contribution in [-0.2, 0) is 24.6 Å². The van der Waals surface area contributed by atoms with E-state index in [1.165, 1.54) is 11.0 Å². The zero-order valence-corrected chi connectivity index (χ0v) is 30.8. The zero-order chi connectivity index (χ0) is 38.6. The van der Waals surface area contributed by atoms with Crippen LogP contribution in [0.2, 0.25) is 0 Å². The molecule has 3 aliphatic carbocycles. The summed E-state index contributed by atoms with van der Waals surface area (Å²) in [6, 6.07) is 40.7. The lowest BCUT2D eigenvalue weighted by Gasteiger charge is -2.55. The molecule has 4 aliphatic rings. The number of nitrogens with one attached hydrogen (secondary N) is 1. The number of fused-ring (bicyclic) bond motifs is 4. The number of ketones is 2. The lowest BCUT2D eigenvalue weighted by atomic mass is 9.44. The van der Waals surface area contributed by atoms with Crippen molar-refractivity contribution in [2.45, 2.75) is 31.1 Å². The average molecular weight is 741 g/mol. The van der Waals surface area contributed by atoms with E-state index in [1.54, 1.807) is 30.3 Å². The summed E-state index contributed by atoms with van der Waals surface area (Å²) in [4.78, 5) is 60.9. The summed E-state index contributed by atoms with van der Waals surface area (Å²) in [6.07, 6.45) is 3.93. The van der Waals surface area contributed by atoms with Crippen LogP contribution in [-0.4, -0.2) is 35.1 Å². The van der Waals surface area contributed by atoms with Crippen LogP contribution in [0.25, 0.3) is 5.57 Å². The van der Waals surface area contributed by atoms with Crippen LogP contribution in [0.15, 0.2) is 151 Å². The second-order valence-corrected chi connectivity index (χ2v) is 15.0. The normalized spacial score (nSPS) is 25.4. The lowest BCUT2D eigenvalue weighted by Crippen LogP contribution is -2.58. The topological polar surface area (TPSA) is 113 Å². The SMILES string of the molecule is CCOc1cccc([C@H]2C3=CC[C@@H]4C(=O)N(c5ccc(Nc6ccccc6)cc5)C(=O)[C@@H]4[C@@H]3C[C@H]3C(=O)C(c4ccccc4)=CC(=O)[C@@]23c2ccccc2)c1O. The van der Waals surface area contributed by atoms with Crippen molar-refractivity contribution in [1.82, 2.24) is 0 Å². The fourth-order valence-electron chi connectivity index (χ4n) is 9.90. The van der Waals surface area contributed by atoms with Crippen molar-refractivity contribution in [2.75, 3.05) is 16.8 Å². The number of Topliss-reactive ketones (excluding diaryl/α,β-unsaturated/α-hetero) is 1. The highest BCUT2D eigenvalue weighted by atomic mass is 16.5. The Morgan fingerprint density at radius 3 is 2.11 bits per heavy atom. The standard InChI is InChI=1S/C48H40N2O6/c1-2-56-40-20-12-19-36(45(40)53)43-34-25-26-35-42(47(55)50(46(35)54)33-23-21-32(22-24-33)49-31-17-10-5-11-18-31)38(34)27-39-44(52)37(29-13-6-3-7-14-29)28-41(51)48(39,43)30-15-8-4-9-16-30/h3-25,28,35,38-39,42-43,49,53H,2,26-27H2,1H3/t35-,38+,39-,42-,43+,48-/m0/s1. The molecule has 8 heteroatoms. The average Bonchev–Trinajstić information content (AvgIpc) is 3.49. The van der Waals surface area contributed by atoms with Gasteiger partial charge in [0.25, 0.3) is 0 Å². The van der Waals surface area contributed by atoms with Gasteiger partial charge in [-0.15, -0.1) is 0 Å². The van der Waals surface area contributed by atoms with Crippen LogP contribution in [0.5, 0.6) is 11.5 Å². The molecule has 8 nitrogen and oxygen atoms in total. The third-order valence-electron chi connectivity index (χ3n) is 12.2. The van der Waals surface area contributed by atoms with E-state index in [0.29, 0.717) is 34.6 Å². The van der Waals surface area contributed by atoms with Gasteiger partial charge in [-0.05, 0) is 85.4 Å². The van der Waals surface area contributed by atoms with Crippen LogP contribution in [0.4, 0.5) is 17.1 Å². The number of hydrogen-bond acceptors (Lipinski definition) is 7. The summed E-state index contributed by atoms with van der Waals surface area (Å²) in [7, 11) is 0. The number of nitrogens with zero attached hydrogens (tertiary/aromatic N) is 1. The molecule has 0 spiro atoms. The highest BCUT2D eigenvalue weighted by Gasteiger charge is 2.66. The van der Waals surface area contributed by atoms with Gasteiger partial charge in [-0.2, -0.15) is 0 Å². The number of hydrogen-bond donors (Lipinski definition) is 2. The number of benzene rings is 5. The highest BCUT2D eigenvalue weighted by molar-refractivity contribution is 6.32. The molecule has 1 saturated carbocycles. The fourth-order valence-corrected chi connectivity index (χ4v) is 9.90. The smallest absolute Gasteiger partial charge is 0.238 e. The maximum atomic E-state index is 15.3. The molecule has 0 aromatic heterocycles. The van der Waals surface area contributed by atoms with E-state index in [2.05, 4.69) is 5.32 Å². The third-order valence-corrected chi connectivity index (χ3v) is 12.2. The van der Waals surface area contributed by atoms with Crippen molar-refractivity contribution in [3.8, 4) is 11.5 Å². The van der Waals surface area contributed by atoms with Crippen LogP contribution in [0.1, 0.15) is 42.4 Å². The summed E-state index contributed by atoms with van der Waals surface area (Å²) in [5.74, 6) is -4.67. The van der Waals surface area contributed by atoms with E-state index in [1.807, 2.05) is 116 Å². The number of carbonyl (C=O) groups excluding carboxylic acids is 4. The molecule has 56 heavy (non-hydrogen) atoms. The Bertz CT molecular complexity index is 2420. The van der Waals surface area contributed by atoms with Crippen molar-refractivity contribution >= 4 is 46.0 Å². The van der Waals surface area contributed by atoms with E-state index in [0.717, 1.165) is 16.9 Å². The number of ether oxygens (including phenoxy) is 1. The number of phenols is 1. The van der Waals surface area contributed by atoms with Gasteiger partial charge in [-0.3, -0.25) is 24.1 Å². The molecular formula is C48H40N2O6. The summed E-state index contributed by atoms with van der Waals surface area (Å²) in [5, 5.41) is 15.3. The molecule has 278 valence electrons. The molecule has 1 heterocycles. The first-order chi connectivity index (χ1) is 27.3. The van der Waals surface area contributed by atoms with Crippen molar-refractivity contribution in [3.63, 3.8) is 0 Å². The number of phenolic OH excluding ortho intramolecular Hbond substituents is 1. The van der Waals surface area contributed by atoms with Crippen molar-refractivity contribution in [1.29, 1.82) is 0 Å². The maximum absolute atomic E-state index is 15.3. The van der Waals surface area contributed by atoms with E-state index in [4.69, 9.17) is 4.74 Å². The molecule has 9 rings (SSSR count). The number of carbonyl (C=O) groups is 4. The Balaban J connectivity index is 1.19. The van der Waals surface area contributed by atoms with E-state index < -0.39 is 35.0 Å². The Labute approximate surface area is 325 Å². The summed E-state index contributed by atoms with van der Waals surface area (Å²) < 4.78 is 5.86. The van der Waals surface area contributed by atoms with Crippen LogP contribution >= 0.6 is 0 Å². The Morgan fingerprint density at radius 2 is 1.41 bits per heavy atom. The van der Waals surface area contributed by atoms with Gasteiger partial charge in [0.1, 0.15) is 0 Å². The first kappa shape index (κ1) is 35.2. The molecular weight excluding hydrogens is 701 g/mol. The van der Waals surface area contributed by atoms with Gasteiger partial charge in [0, 0.05) is 34.3 Å². The first-order valence-electron chi connectivity index (χ1n) is 19.2. The molecule has 0 radical (unpaired) electrons. The summed E-state index contributed by atoms with van der Waals surface area (Å²) in [6.45, 7) is 2.13. The number of aromatic hydroxyl groups is 1. The zero-order valence-electron chi connectivity index (χ0n) is 30.8. The number of rotatable bonds is 8. The number of allylic oxidation sites excluding steroid dienone is 4. The second kappa shape index (κ2) is 13.9. The van der Waals surface area contributed by atoms with Gasteiger partial charge in [-0.25, -0.2) is 0 Å². The minimum atomic E-state index is -1.46.